The maximum absolute atomic E-state index is 14.3. The number of benzene rings is 1. The van der Waals surface area contributed by atoms with Crippen LogP contribution in [0.3, 0.4) is 0 Å². The van der Waals surface area contributed by atoms with E-state index < -0.39 is 28.8 Å². The lowest BCUT2D eigenvalue weighted by Crippen LogP contribution is -2.34. The standard InChI is InChI=1S/C16H14F3NO4/c1-3-24-16(22)9-4-20(8-5-23-6-8)14-10(15(9)21)7(2)11(17)12(18)13(14)19/h4,8H,3,5-6H2,1-2H3. The smallest absolute Gasteiger partial charge is 0.343 e. The first-order chi connectivity index (χ1) is 11.4. The molecule has 1 aliphatic rings. The van der Waals surface area contributed by atoms with E-state index in [1.165, 1.54) is 4.57 Å². The van der Waals surface area contributed by atoms with Crippen LogP contribution in [0.15, 0.2) is 11.0 Å². The van der Waals surface area contributed by atoms with Gasteiger partial charge < -0.3 is 14.0 Å². The van der Waals surface area contributed by atoms with Gasteiger partial charge in [-0.15, -0.1) is 0 Å². The molecule has 1 fully saturated rings. The summed E-state index contributed by atoms with van der Waals surface area (Å²) >= 11 is 0. The molecule has 0 spiro atoms. The number of rotatable bonds is 3. The molecule has 3 rings (SSSR count). The van der Waals surface area contributed by atoms with Crippen molar-refractivity contribution >= 4 is 16.9 Å². The van der Waals surface area contributed by atoms with E-state index in [0.29, 0.717) is 0 Å². The summed E-state index contributed by atoms with van der Waals surface area (Å²) in [6, 6.07) is -0.389. The maximum Gasteiger partial charge on any atom is 0.343 e. The molecular formula is C16H14F3NO4. The van der Waals surface area contributed by atoms with Crippen LogP contribution in [0.1, 0.15) is 28.9 Å². The molecule has 0 N–H and O–H groups in total. The van der Waals surface area contributed by atoms with Crippen LogP contribution in [0.5, 0.6) is 0 Å². The molecule has 0 bridgehead atoms. The van der Waals surface area contributed by atoms with Crippen LogP contribution in [0.4, 0.5) is 13.2 Å². The summed E-state index contributed by atoms with van der Waals surface area (Å²) in [6.45, 7) is 3.18. The average molecular weight is 341 g/mol. The molecule has 24 heavy (non-hydrogen) atoms. The Morgan fingerprint density at radius 2 is 1.96 bits per heavy atom. The second kappa shape index (κ2) is 5.94. The van der Waals surface area contributed by atoms with Crippen molar-refractivity contribution in [3.05, 3.63) is 45.0 Å². The lowest BCUT2D eigenvalue weighted by molar-refractivity contribution is -0.0219. The van der Waals surface area contributed by atoms with Crippen molar-refractivity contribution in [2.75, 3.05) is 19.8 Å². The third-order valence-corrected chi connectivity index (χ3v) is 4.04. The summed E-state index contributed by atoms with van der Waals surface area (Å²) in [4.78, 5) is 24.6. The average Bonchev–Trinajstić information content (AvgIpc) is 2.50. The van der Waals surface area contributed by atoms with E-state index in [1.807, 2.05) is 0 Å². The van der Waals surface area contributed by atoms with Crippen molar-refractivity contribution in [2.24, 2.45) is 0 Å². The fourth-order valence-electron chi connectivity index (χ4n) is 2.71. The monoisotopic (exact) mass is 341 g/mol. The number of esters is 1. The molecular weight excluding hydrogens is 327 g/mol. The lowest BCUT2D eigenvalue weighted by Gasteiger charge is -2.30. The number of aromatic nitrogens is 1. The first kappa shape index (κ1) is 16.5. The predicted molar refractivity (Wildman–Crippen MR) is 78.6 cm³/mol. The van der Waals surface area contributed by atoms with Crippen molar-refractivity contribution in [3.8, 4) is 0 Å². The number of hydrogen-bond donors (Lipinski definition) is 0. The second-order valence-electron chi connectivity index (χ2n) is 5.48. The molecule has 0 aliphatic carbocycles. The fourth-order valence-corrected chi connectivity index (χ4v) is 2.71. The zero-order valence-corrected chi connectivity index (χ0v) is 13.0. The number of aryl methyl sites for hydroxylation is 1. The Balaban J connectivity index is 2.44. The van der Waals surface area contributed by atoms with Gasteiger partial charge in [0, 0.05) is 11.8 Å². The molecule has 0 saturated carbocycles. The molecule has 0 amide bonds. The van der Waals surface area contributed by atoms with Crippen molar-refractivity contribution in [3.63, 3.8) is 0 Å². The highest BCUT2D eigenvalue weighted by Gasteiger charge is 2.30. The molecule has 2 aromatic rings. The summed E-state index contributed by atoms with van der Waals surface area (Å²) < 4.78 is 53.2. The fraction of sp³-hybridized carbons (Fsp3) is 0.375. The van der Waals surface area contributed by atoms with Gasteiger partial charge in [0.05, 0.1) is 36.8 Å². The first-order valence-electron chi connectivity index (χ1n) is 7.35. The minimum atomic E-state index is -1.66. The van der Waals surface area contributed by atoms with E-state index in [2.05, 4.69) is 0 Å². The summed E-state index contributed by atoms with van der Waals surface area (Å²) in [5, 5.41) is -0.371. The first-order valence-corrected chi connectivity index (χ1v) is 7.35. The zero-order chi connectivity index (χ0) is 17.6. The minimum Gasteiger partial charge on any atom is -0.462 e. The molecule has 5 nitrogen and oxygen atoms in total. The number of carbonyl (C=O) groups excluding carboxylic acids is 1. The van der Waals surface area contributed by atoms with Crippen LogP contribution in [0.25, 0.3) is 10.9 Å². The summed E-state index contributed by atoms with van der Waals surface area (Å²) in [6.07, 6.45) is 1.12. The number of carbonyl (C=O) groups is 1. The van der Waals surface area contributed by atoms with Crippen LogP contribution in [-0.2, 0) is 9.47 Å². The van der Waals surface area contributed by atoms with Gasteiger partial charge >= 0.3 is 5.97 Å². The molecule has 0 unspecified atom stereocenters. The largest absolute Gasteiger partial charge is 0.462 e. The summed E-state index contributed by atoms with van der Waals surface area (Å²) in [5.41, 5.74) is -1.98. The molecule has 0 radical (unpaired) electrons. The van der Waals surface area contributed by atoms with E-state index in [0.717, 1.165) is 13.1 Å². The Morgan fingerprint density at radius 3 is 2.50 bits per heavy atom. The second-order valence-corrected chi connectivity index (χ2v) is 5.48. The molecule has 8 heteroatoms. The Kier molecular flexibility index (Phi) is 4.08. The number of pyridine rings is 1. The highest BCUT2D eigenvalue weighted by Crippen LogP contribution is 2.30. The normalized spacial score (nSPS) is 14.7. The van der Waals surface area contributed by atoms with Crippen LogP contribution < -0.4 is 5.43 Å². The Hall–Kier alpha value is -2.35. The van der Waals surface area contributed by atoms with Crippen LogP contribution in [-0.4, -0.2) is 30.4 Å². The van der Waals surface area contributed by atoms with Gasteiger partial charge in [-0.05, 0) is 13.8 Å². The van der Waals surface area contributed by atoms with Crippen molar-refractivity contribution < 1.29 is 27.4 Å². The van der Waals surface area contributed by atoms with Gasteiger partial charge in [0.2, 0.25) is 5.43 Å². The molecule has 1 aromatic carbocycles. The Bertz CT molecular complexity index is 903. The lowest BCUT2D eigenvalue weighted by atomic mass is 10.0. The molecule has 1 aromatic heterocycles. The van der Waals surface area contributed by atoms with Gasteiger partial charge in [-0.2, -0.15) is 0 Å². The van der Waals surface area contributed by atoms with E-state index in [1.54, 1.807) is 6.92 Å². The van der Waals surface area contributed by atoms with Gasteiger partial charge in [0.15, 0.2) is 17.5 Å². The van der Waals surface area contributed by atoms with Crippen LogP contribution in [0, 0.1) is 24.4 Å². The highest BCUT2D eigenvalue weighted by molar-refractivity contribution is 5.95. The van der Waals surface area contributed by atoms with Gasteiger partial charge in [0.1, 0.15) is 5.56 Å². The number of nitrogens with zero attached hydrogens (tertiary/aromatic N) is 1. The Morgan fingerprint density at radius 1 is 1.29 bits per heavy atom. The number of ether oxygens (including phenoxy) is 2. The zero-order valence-electron chi connectivity index (χ0n) is 13.0. The maximum atomic E-state index is 14.3. The van der Waals surface area contributed by atoms with E-state index in [9.17, 15) is 22.8 Å². The number of fused-ring (bicyclic) bond motifs is 1. The molecule has 2 heterocycles. The van der Waals surface area contributed by atoms with Crippen molar-refractivity contribution in [1.82, 2.24) is 4.57 Å². The van der Waals surface area contributed by atoms with Crippen molar-refractivity contribution in [2.45, 2.75) is 19.9 Å². The highest BCUT2D eigenvalue weighted by atomic mass is 19.2. The quantitative estimate of drug-likeness (QED) is 0.636. The van der Waals surface area contributed by atoms with Gasteiger partial charge in [-0.25, -0.2) is 18.0 Å². The third kappa shape index (κ3) is 2.29. The van der Waals surface area contributed by atoms with Gasteiger partial charge in [0.25, 0.3) is 0 Å². The SMILES string of the molecule is CCOC(=O)c1cn(C2COC2)c2c(F)c(F)c(F)c(C)c2c1=O. The van der Waals surface area contributed by atoms with Crippen LogP contribution in [0.2, 0.25) is 0 Å². The topological polar surface area (TPSA) is 57.5 Å². The molecule has 0 atom stereocenters. The Labute approximate surface area is 134 Å². The molecule has 1 saturated heterocycles. The number of halogens is 3. The van der Waals surface area contributed by atoms with Gasteiger partial charge in [-0.1, -0.05) is 0 Å². The molecule has 1 aliphatic heterocycles. The van der Waals surface area contributed by atoms with Gasteiger partial charge in [-0.3, -0.25) is 4.79 Å². The predicted octanol–water partition coefficient (Wildman–Crippen LogP) is 2.48. The summed E-state index contributed by atoms with van der Waals surface area (Å²) in [7, 11) is 0. The number of hydrogen-bond acceptors (Lipinski definition) is 4. The minimum absolute atomic E-state index is 0.0357. The van der Waals surface area contributed by atoms with Crippen molar-refractivity contribution in [1.29, 1.82) is 0 Å². The summed E-state index contributed by atoms with van der Waals surface area (Å²) in [5.74, 6) is -5.47. The van der Waals surface area contributed by atoms with E-state index in [-0.39, 0.29) is 47.9 Å². The van der Waals surface area contributed by atoms with E-state index >= 15 is 0 Å². The third-order valence-electron chi connectivity index (χ3n) is 4.04. The van der Waals surface area contributed by atoms with E-state index in [4.69, 9.17) is 9.47 Å². The van der Waals surface area contributed by atoms with Crippen LogP contribution >= 0.6 is 0 Å². The molecule has 128 valence electrons.